The second-order valence-corrected chi connectivity index (χ2v) is 28.6. The zero-order valence-corrected chi connectivity index (χ0v) is 69.2. The van der Waals surface area contributed by atoms with Crippen molar-refractivity contribution in [3.63, 3.8) is 0 Å². The number of rotatable bonds is 70. The van der Waals surface area contributed by atoms with Crippen LogP contribution in [0, 0.1) is 0 Å². The lowest BCUT2D eigenvalue weighted by Gasteiger charge is -2.42. The zero-order valence-electron chi connectivity index (χ0n) is 69.2. The van der Waals surface area contributed by atoms with Crippen LogP contribution in [-0.4, -0.2) is 398 Å². The standard InChI is InChI=1S/C75H134N10O35/c1-49(89)82-63-69(104)66(101)52(43-86)118-72(63)115-27-7-4-13-55(92)76-21-10-24-79-58(95)16-31-112-46-75(85-61(98)19-30-107-35-37-109-39-41-111-42-40-110-38-36-108-34-20-62(99)100,47-113-32-17-59(96)80-25-11-22-77-56(93)14-5-8-28-116-73-64(83-50(2)90)70(105)67(102)53(44-87)119-73)48-114-33-18-60(97)81-26-12-23-78-57(94)15-6-9-29-117-74-65(84-51(3)91)71(106)68(103)54(45-88)120-74/h52-54,63-74,86-88,101-106H,4-48H2,1-3H3,(H,76,92)(H,77,93)(H,78,94)(H,79,95)(H,80,96)(H,81,97)(H,82,89)(H,83,90)(H,84,91)(H,85,98)(H,99,100)/t52-,53-,54-,63?,64?,65?,66+,67+,68+,69-,70-,71-,72-,73-,74-,75?/m1/s1. The van der Waals surface area contributed by atoms with Gasteiger partial charge in [0.25, 0.3) is 0 Å². The summed E-state index contributed by atoms with van der Waals surface area (Å²) in [5.74, 6) is -5.02. The highest BCUT2D eigenvalue weighted by Crippen LogP contribution is 2.26. The van der Waals surface area contributed by atoms with Crippen LogP contribution in [0.5, 0.6) is 0 Å². The number of aliphatic hydroxyl groups is 9. The summed E-state index contributed by atoms with van der Waals surface area (Å²) < 4.78 is 79.3. The fourth-order valence-corrected chi connectivity index (χ4v) is 12.0. The average Bonchev–Trinajstić information content (AvgIpc) is 0.819. The van der Waals surface area contributed by atoms with Gasteiger partial charge in [-0.1, -0.05) is 0 Å². The molecule has 45 heteroatoms. The zero-order chi connectivity index (χ0) is 88.3. The monoisotopic (exact) mass is 1730 g/mol. The molecule has 3 heterocycles. The highest BCUT2D eigenvalue weighted by Gasteiger charge is 2.48. The molecule has 0 aromatic heterocycles. The number of carbonyl (C=O) groups excluding carboxylic acids is 10. The van der Waals surface area contributed by atoms with Gasteiger partial charge in [-0.3, -0.25) is 52.7 Å². The van der Waals surface area contributed by atoms with E-state index in [2.05, 4.69) is 53.2 Å². The van der Waals surface area contributed by atoms with Gasteiger partial charge in [0.05, 0.1) is 132 Å². The molecule has 3 unspecified atom stereocenters. The Hall–Kier alpha value is -6.75. The Bertz CT molecular complexity index is 2660. The van der Waals surface area contributed by atoms with Gasteiger partial charge < -0.3 is 171 Å². The van der Waals surface area contributed by atoms with Gasteiger partial charge in [0.15, 0.2) is 18.9 Å². The van der Waals surface area contributed by atoms with E-state index in [1.807, 2.05) is 0 Å². The maximum absolute atomic E-state index is 13.9. The minimum atomic E-state index is -1.51. The van der Waals surface area contributed by atoms with Gasteiger partial charge >= 0.3 is 5.97 Å². The molecular formula is C75H134N10O35. The predicted octanol–water partition coefficient (Wildman–Crippen LogP) is -7.73. The van der Waals surface area contributed by atoms with E-state index < -0.39 is 165 Å². The summed E-state index contributed by atoms with van der Waals surface area (Å²) >= 11 is 0. The van der Waals surface area contributed by atoms with Crippen LogP contribution in [0.3, 0.4) is 0 Å². The Morgan fingerprint density at radius 1 is 0.292 bits per heavy atom. The Balaban J connectivity index is 1.57. The summed E-state index contributed by atoms with van der Waals surface area (Å²) in [6.45, 7) is 3.69. The summed E-state index contributed by atoms with van der Waals surface area (Å²) in [6.07, 6.45) is -12.7. The molecule has 694 valence electrons. The van der Waals surface area contributed by atoms with Crippen molar-refractivity contribution in [2.75, 3.05) is 185 Å². The summed E-state index contributed by atoms with van der Waals surface area (Å²) in [7, 11) is 0. The second kappa shape index (κ2) is 65.0. The minimum Gasteiger partial charge on any atom is -0.481 e. The van der Waals surface area contributed by atoms with E-state index in [0.29, 0.717) is 57.8 Å². The number of hydrogen-bond donors (Lipinski definition) is 20. The lowest BCUT2D eigenvalue weighted by Crippen LogP contribution is -2.64. The van der Waals surface area contributed by atoms with Gasteiger partial charge in [0.2, 0.25) is 59.1 Å². The number of unbranched alkanes of at least 4 members (excludes halogenated alkanes) is 3. The molecule has 0 aromatic carbocycles. The van der Waals surface area contributed by atoms with Crippen molar-refractivity contribution in [1.82, 2.24) is 53.2 Å². The fourth-order valence-electron chi connectivity index (χ4n) is 12.0. The van der Waals surface area contributed by atoms with E-state index >= 15 is 0 Å². The van der Waals surface area contributed by atoms with E-state index in [9.17, 15) is 98.7 Å². The normalized spacial score (nSPS) is 23.3. The third-order valence-corrected chi connectivity index (χ3v) is 18.4. The van der Waals surface area contributed by atoms with Gasteiger partial charge in [-0.25, -0.2) is 0 Å². The van der Waals surface area contributed by atoms with Crippen LogP contribution in [0.15, 0.2) is 0 Å². The molecule has 20 N–H and O–H groups in total. The maximum atomic E-state index is 13.9. The van der Waals surface area contributed by atoms with E-state index in [0.717, 1.165) is 0 Å². The molecule has 0 saturated carbocycles. The molecule has 10 amide bonds. The summed E-state index contributed by atoms with van der Waals surface area (Å²) in [6, 6.07) is -3.32. The van der Waals surface area contributed by atoms with Crippen LogP contribution in [0.25, 0.3) is 0 Å². The van der Waals surface area contributed by atoms with Crippen molar-refractivity contribution < 1.29 is 170 Å². The number of amides is 10. The van der Waals surface area contributed by atoms with Crippen LogP contribution in [0.4, 0.5) is 0 Å². The topological polar surface area (TPSA) is 640 Å². The molecule has 45 nitrogen and oxygen atoms in total. The Labute approximate surface area is 698 Å². The molecule has 0 spiro atoms. The number of hydrogen-bond acceptors (Lipinski definition) is 34. The number of carboxylic acids is 1. The molecule has 120 heavy (non-hydrogen) atoms. The van der Waals surface area contributed by atoms with Gasteiger partial charge in [-0.2, -0.15) is 0 Å². The first-order valence-electron chi connectivity index (χ1n) is 40.9. The highest BCUT2D eigenvalue weighted by molar-refractivity contribution is 5.79. The molecule has 0 aliphatic carbocycles. The van der Waals surface area contributed by atoms with Crippen molar-refractivity contribution in [3.05, 3.63) is 0 Å². The predicted molar refractivity (Wildman–Crippen MR) is 416 cm³/mol. The van der Waals surface area contributed by atoms with Gasteiger partial charge in [0.1, 0.15) is 78.6 Å². The molecule has 0 aromatic rings. The third-order valence-electron chi connectivity index (χ3n) is 18.4. The number of aliphatic carboxylic acids is 1. The van der Waals surface area contributed by atoms with Crippen molar-refractivity contribution in [2.45, 2.75) is 227 Å². The highest BCUT2D eigenvalue weighted by atomic mass is 16.7. The first-order chi connectivity index (χ1) is 57.6. The number of aliphatic hydroxyl groups excluding tert-OH is 9. The smallest absolute Gasteiger partial charge is 0.305 e. The molecule has 3 saturated heterocycles. The lowest BCUT2D eigenvalue weighted by molar-refractivity contribution is -0.270. The number of nitrogens with one attached hydrogen (secondary N) is 10. The second-order valence-electron chi connectivity index (χ2n) is 28.6. The van der Waals surface area contributed by atoms with Crippen LogP contribution in [-0.2, 0) is 119 Å². The average molecular weight is 1740 g/mol. The molecule has 3 fully saturated rings. The molecule has 3 rings (SSSR count). The molecule has 3 aliphatic heterocycles. The SMILES string of the molecule is CC(=O)NC1[C@H](OCCCCC(=O)NCCCNC(=O)CCOCC(COCCC(=O)NCCCNC(=O)CCCCO[C@@H]2O[C@H](CO)[C@H](O)[C@H](O)C2NC(C)=O)(COCCC(=O)NCCCNC(=O)CCCCO[C@@H]2O[C@H](CO)[C@H](O)[C@H](O)C2NC(C)=O)NC(=O)CCOCCOCCOCCOCCOCCC(=O)O)O[C@H](CO)[C@H](O)[C@@H]1O. The van der Waals surface area contributed by atoms with E-state index in [1.54, 1.807) is 0 Å². The van der Waals surface area contributed by atoms with E-state index in [1.165, 1.54) is 20.8 Å². The van der Waals surface area contributed by atoms with Gasteiger partial charge in [-0.05, 0) is 57.8 Å². The van der Waals surface area contributed by atoms with Crippen molar-refractivity contribution in [3.8, 4) is 0 Å². The van der Waals surface area contributed by atoms with Gasteiger partial charge in [-0.15, -0.1) is 0 Å². The van der Waals surface area contributed by atoms with Crippen LogP contribution in [0.1, 0.15) is 130 Å². The number of carboxylic acid groups (broad SMARTS) is 1. The summed E-state index contributed by atoms with van der Waals surface area (Å²) in [5, 5.41) is 127. The largest absolute Gasteiger partial charge is 0.481 e. The molecule has 3 aliphatic rings. The molecule has 0 radical (unpaired) electrons. The van der Waals surface area contributed by atoms with Crippen LogP contribution in [0.2, 0.25) is 0 Å². The van der Waals surface area contributed by atoms with Crippen molar-refractivity contribution in [1.29, 1.82) is 0 Å². The third kappa shape index (κ3) is 47.8. The number of ether oxygens (including phenoxy) is 14. The Kier molecular flexibility index (Phi) is 58.1. The fraction of sp³-hybridized carbons (Fsp3) is 0.853. The first-order valence-corrected chi connectivity index (χ1v) is 40.9. The first kappa shape index (κ1) is 107. The minimum absolute atomic E-state index is 0.0598. The van der Waals surface area contributed by atoms with E-state index in [-0.39, 0.29) is 234 Å². The Morgan fingerprint density at radius 3 is 0.792 bits per heavy atom. The summed E-state index contributed by atoms with van der Waals surface area (Å²) in [5.41, 5.74) is -1.51. The lowest BCUT2D eigenvalue weighted by atomic mass is 9.97. The quantitative estimate of drug-likeness (QED) is 0.0252. The molecule has 15 atom stereocenters. The Morgan fingerprint density at radius 2 is 0.533 bits per heavy atom. The maximum Gasteiger partial charge on any atom is 0.305 e. The van der Waals surface area contributed by atoms with Gasteiger partial charge in [0, 0.05) is 125 Å². The van der Waals surface area contributed by atoms with Crippen LogP contribution >= 0.6 is 0 Å². The molecule has 0 bridgehead atoms. The van der Waals surface area contributed by atoms with E-state index in [4.69, 9.17) is 71.4 Å². The number of carbonyl (C=O) groups is 11. The summed E-state index contributed by atoms with van der Waals surface area (Å²) in [4.78, 5) is 137. The van der Waals surface area contributed by atoms with Crippen molar-refractivity contribution >= 4 is 65.0 Å². The van der Waals surface area contributed by atoms with Crippen molar-refractivity contribution in [2.24, 2.45) is 0 Å². The molecular weight excluding hydrogens is 1600 g/mol. The van der Waals surface area contributed by atoms with Crippen LogP contribution < -0.4 is 53.2 Å².